The standard InChI is InChI=1S/C21H22BrFNO/c1-4-12-24(3)13-5-6-14-25-20-11-10-19(16(2)21(20)23)17-8-7-9-18(22)15-17/h4-7,9-11,15H,1,12-14H2,2-3H3/b6-5+. The lowest BCUT2D eigenvalue weighted by Crippen LogP contribution is -2.17. The number of likely N-dealkylation sites (N-methyl/N-ethyl adjacent to an activating group) is 1. The van der Waals surface area contributed by atoms with Gasteiger partial charge in [0, 0.05) is 17.6 Å². The summed E-state index contributed by atoms with van der Waals surface area (Å²) in [5.74, 6) is -0.0663. The monoisotopic (exact) mass is 402 g/mol. The van der Waals surface area contributed by atoms with E-state index < -0.39 is 0 Å². The maximum absolute atomic E-state index is 14.6. The van der Waals surface area contributed by atoms with E-state index >= 15 is 0 Å². The van der Waals surface area contributed by atoms with Gasteiger partial charge in [0.2, 0.25) is 0 Å². The molecule has 2 aromatic carbocycles. The zero-order valence-corrected chi connectivity index (χ0v) is 16.1. The summed E-state index contributed by atoms with van der Waals surface area (Å²) in [6, 6.07) is 12.3. The van der Waals surface area contributed by atoms with E-state index in [-0.39, 0.29) is 11.6 Å². The average molecular weight is 403 g/mol. The SMILES string of the molecule is C=CCN(C)C/C=C/COc1ccc(-c2[c]ccc(Br)c2)c(C)c1F. The third-order valence-electron chi connectivity index (χ3n) is 3.76. The van der Waals surface area contributed by atoms with Crippen molar-refractivity contribution >= 4 is 15.9 Å². The summed E-state index contributed by atoms with van der Waals surface area (Å²) in [6.07, 6.45) is 5.75. The van der Waals surface area contributed by atoms with Crippen molar-refractivity contribution < 1.29 is 9.13 Å². The molecule has 1 radical (unpaired) electrons. The molecule has 0 fully saturated rings. The van der Waals surface area contributed by atoms with Gasteiger partial charge in [-0.25, -0.2) is 4.39 Å². The van der Waals surface area contributed by atoms with E-state index in [9.17, 15) is 4.39 Å². The number of nitrogens with zero attached hydrogens (tertiary/aromatic N) is 1. The van der Waals surface area contributed by atoms with Gasteiger partial charge < -0.3 is 4.74 Å². The van der Waals surface area contributed by atoms with Crippen molar-refractivity contribution in [3.05, 3.63) is 77.1 Å². The second-order valence-electron chi connectivity index (χ2n) is 5.76. The minimum Gasteiger partial charge on any atom is -0.486 e. The van der Waals surface area contributed by atoms with Crippen LogP contribution in [0.4, 0.5) is 4.39 Å². The maximum atomic E-state index is 14.6. The molecule has 25 heavy (non-hydrogen) atoms. The molecule has 0 aliphatic carbocycles. The van der Waals surface area contributed by atoms with E-state index in [4.69, 9.17) is 4.74 Å². The molecule has 0 aliphatic heterocycles. The van der Waals surface area contributed by atoms with Gasteiger partial charge in [0.15, 0.2) is 11.6 Å². The zero-order valence-electron chi connectivity index (χ0n) is 14.6. The fourth-order valence-corrected chi connectivity index (χ4v) is 2.77. The molecule has 2 aromatic rings. The molecule has 0 aromatic heterocycles. The first-order chi connectivity index (χ1) is 12.0. The number of halogens is 2. The van der Waals surface area contributed by atoms with E-state index in [0.29, 0.717) is 12.2 Å². The quantitative estimate of drug-likeness (QED) is 0.546. The first-order valence-corrected chi connectivity index (χ1v) is 8.86. The third-order valence-corrected chi connectivity index (χ3v) is 4.26. The summed E-state index contributed by atoms with van der Waals surface area (Å²) in [7, 11) is 2.01. The van der Waals surface area contributed by atoms with Crippen LogP contribution in [0.5, 0.6) is 5.75 Å². The second kappa shape index (κ2) is 9.54. The van der Waals surface area contributed by atoms with Crippen LogP contribution in [0.25, 0.3) is 11.1 Å². The van der Waals surface area contributed by atoms with E-state index in [1.807, 2.05) is 49.5 Å². The Labute approximate surface area is 157 Å². The zero-order chi connectivity index (χ0) is 18.2. The largest absolute Gasteiger partial charge is 0.486 e. The van der Waals surface area contributed by atoms with Crippen LogP contribution in [0.15, 0.2) is 59.6 Å². The molecule has 0 N–H and O–H groups in total. The summed E-state index contributed by atoms with van der Waals surface area (Å²) < 4.78 is 21.1. The molecular formula is C21H22BrFNO. The van der Waals surface area contributed by atoms with Crippen molar-refractivity contribution in [2.45, 2.75) is 6.92 Å². The first-order valence-electron chi connectivity index (χ1n) is 8.07. The highest BCUT2D eigenvalue weighted by Gasteiger charge is 2.12. The Bertz CT molecular complexity index is 758. The van der Waals surface area contributed by atoms with Gasteiger partial charge in [-0.2, -0.15) is 0 Å². The highest BCUT2D eigenvalue weighted by molar-refractivity contribution is 9.10. The molecular weight excluding hydrogens is 381 g/mol. The number of hydrogen-bond donors (Lipinski definition) is 0. The Kier molecular flexibility index (Phi) is 7.41. The Morgan fingerprint density at radius 3 is 2.80 bits per heavy atom. The van der Waals surface area contributed by atoms with Crippen LogP contribution in [0.2, 0.25) is 0 Å². The Morgan fingerprint density at radius 2 is 2.08 bits per heavy atom. The van der Waals surface area contributed by atoms with E-state index in [1.165, 1.54) is 0 Å². The number of hydrogen-bond acceptors (Lipinski definition) is 2. The molecule has 0 unspecified atom stereocenters. The minimum absolute atomic E-state index is 0.264. The highest BCUT2D eigenvalue weighted by Crippen LogP contribution is 2.31. The van der Waals surface area contributed by atoms with Crippen molar-refractivity contribution in [3.8, 4) is 16.9 Å². The maximum Gasteiger partial charge on any atom is 0.168 e. The topological polar surface area (TPSA) is 12.5 Å². The van der Waals surface area contributed by atoms with Gasteiger partial charge in [0.25, 0.3) is 0 Å². The van der Waals surface area contributed by atoms with Gasteiger partial charge in [0.1, 0.15) is 6.61 Å². The van der Waals surface area contributed by atoms with Crippen LogP contribution in [0.3, 0.4) is 0 Å². The van der Waals surface area contributed by atoms with Gasteiger partial charge >= 0.3 is 0 Å². The molecule has 2 nitrogen and oxygen atoms in total. The Hall–Kier alpha value is -1.91. The number of benzene rings is 2. The summed E-state index contributed by atoms with van der Waals surface area (Å²) in [5, 5.41) is 0. The summed E-state index contributed by atoms with van der Waals surface area (Å²) in [6.45, 7) is 7.42. The Balaban J connectivity index is 2.03. The minimum atomic E-state index is -0.331. The van der Waals surface area contributed by atoms with Gasteiger partial charge in [-0.15, -0.1) is 6.58 Å². The smallest absolute Gasteiger partial charge is 0.168 e. The molecule has 2 rings (SSSR count). The van der Waals surface area contributed by atoms with Gasteiger partial charge in [-0.05, 0) is 54.9 Å². The van der Waals surface area contributed by atoms with Crippen LogP contribution < -0.4 is 4.74 Å². The normalized spacial score (nSPS) is 11.2. The van der Waals surface area contributed by atoms with Crippen LogP contribution >= 0.6 is 15.9 Å². The van der Waals surface area contributed by atoms with E-state index in [1.54, 1.807) is 13.0 Å². The highest BCUT2D eigenvalue weighted by atomic mass is 79.9. The molecule has 0 aliphatic rings. The van der Waals surface area contributed by atoms with Crippen LogP contribution in [-0.4, -0.2) is 31.6 Å². The summed E-state index contributed by atoms with van der Waals surface area (Å²) in [4.78, 5) is 2.11. The molecule has 0 heterocycles. The van der Waals surface area contributed by atoms with Gasteiger partial charge in [-0.3, -0.25) is 4.90 Å². The van der Waals surface area contributed by atoms with Crippen molar-refractivity contribution in [1.29, 1.82) is 0 Å². The molecule has 0 spiro atoms. The van der Waals surface area contributed by atoms with Crippen molar-refractivity contribution in [2.75, 3.05) is 26.7 Å². The van der Waals surface area contributed by atoms with Crippen LogP contribution in [0, 0.1) is 18.8 Å². The predicted octanol–water partition coefficient (Wildman–Crippen LogP) is 5.42. The number of ether oxygens (including phenoxy) is 1. The third kappa shape index (κ3) is 5.55. The van der Waals surface area contributed by atoms with Crippen LogP contribution in [0.1, 0.15) is 5.56 Å². The molecule has 0 saturated carbocycles. The van der Waals surface area contributed by atoms with E-state index in [0.717, 1.165) is 28.7 Å². The Morgan fingerprint density at radius 1 is 1.28 bits per heavy atom. The summed E-state index contributed by atoms with van der Waals surface area (Å²) >= 11 is 3.43. The molecule has 0 atom stereocenters. The molecule has 4 heteroatoms. The lowest BCUT2D eigenvalue weighted by atomic mass is 10.00. The predicted molar refractivity (Wildman–Crippen MR) is 105 cm³/mol. The fourth-order valence-electron chi connectivity index (χ4n) is 2.41. The van der Waals surface area contributed by atoms with Crippen LogP contribution in [-0.2, 0) is 0 Å². The summed E-state index contributed by atoms with van der Waals surface area (Å²) in [5.41, 5.74) is 2.22. The lowest BCUT2D eigenvalue weighted by molar-refractivity contribution is 0.339. The molecule has 0 amide bonds. The van der Waals surface area contributed by atoms with Crippen molar-refractivity contribution in [1.82, 2.24) is 4.90 Å². The van der Waals surface area contributed by atoms with Crippen molar-refractivity contribution in [2.24, 2.45) is 0 Å². The van der Waals surface area contributed by atoms with Gasteiger partial charge in [0.05, 0.1) is 0 Å². The fraction of sp³-hybridized carbons (Fsp3) is 0.238. The number of rotatable bonds is 8. The average Bonchev–Trinajstić information content (AvgIpc) is 2.58. The van der Waals surface area contributed by atoms with Crippen molar-refractivity contribution in [3.63, 3.8) is 0 Å². The lowest BCUT2D eigenvalue weighted by Gasteiger charge is -2.12. The molecule has 131 valence electrons. The van der Waals surface area contributed by atoms with E-state index in [2.05, 4.69) is 33.5 Å². The molecule has 0 bridgehead atoms. The molecule has 0 saturated heterocycles. The second-order valence-corrected chi connectivity index (χ2v) is 6.68. The first kappa shape index (κ1) is 19.4. The van der Waals surface area contributed by atoms with Gasteiger partial charge in [-0.1, -0.05) is 46.3 Å².